The molecule has 0 unspecified atom stereocenters. The summed E-state index contributed by atoms with van der Waals surface area (Å²) in [5.74, 6) is 0. The summed E-state index contributed by atoms with van der Waals surface area (Å²) < 4.78 is 0. The zero-order chi connectivity index (χ0) is 12.7. The van der Waals surface area contributed by atoms with Crippen molar-refractivity contribution in [1.29, 1.82) is 0 Å². The molecule has 0 radical (unpaired) electrons. The summed E-state index contributed by atoms with van der Waals surface area (Å²) in [5, 5.41) is 11.6. The summed E-state index contributed by atoms with van der Waals surface area (Å²) in [6.45, 7) is 0. The molecule has 0 atom stereocenters. The Labute approximate surface area is 101 Å². The third-order valence-electron chi connectivity index (χ3n) is 2.87. The predicted octanol–water partition coefficient (Wildman–Crippen LogP) is 2.54. The van der Waals surface area contributed by atoms with Crippen LogP contribution in [0.2, 0.25) is 0 Å². The van der Waals surface area contributed by atoms with E-state index in [2.05, 4.69) is 4.98 Å². The number of fused-ring (bicyclic) bond motifs is 2. The van der Waals surface area contributed by atoms with Crippen LogP contribution in [0.1, 0.15) is 0 Å². The maximum atomic E-state index is 11.8. The number of nitrogens with one attached hydrogen (secondary N) is 1. The number of pyridine rings is 1. The lowest BCUT2D eigenvalue weighted by atomic mass is 10.0. The maximum absolute atomic E-state index is 11.8. The zero-order valence-electron chi connectivity index (χ0n) is 9.21. The second kappa shape index (κ2) is 3.66. The lowest BCUT2D eigenvalue weighted by molar-refractivity contribution is -0.384. The first-order chi connectivity index (χ1) is 8.65. The van der Waals surface area contributed by atoms with E-state index >= 15 is 0 Å². The highest BCUT2D eigenvalue weighted by Gasteiger charge is 2.15. The normalized spacial score (nSPS) is 10.9. The number of para-hydroxylation sites is 1. The Morgan fingerprint density at radius 3 is 2.67 bits per heavy atom. The van der Waals surface area contributed by atoms with Crippen LogP contribution in [-0.4, -0.2) is 9.91 Å². The number of aromatic nitrogens is 1. The highest BCUT2D eigenvalue weighted by atomic mass is 16.6. The molecule has 5 heteroatoms. The molecule has 0 fully saturated rings. The van der Waals surface area contributed by atoms with Crippen molar-refractivity contribution in [2.24, 2.45) is 0 Å². The van der Waals surface area contributed by atoms with Gasteiger partial charge in [-0.25, -0.2) is 0 Å². The van der Waals surface area contributed by atoms with Gasteiger partial charge < -0.3 is 4.98 Å². The van der Waals surface area contributed by atoms with Gasteiger partial charge in [0.15, 0.2) is 5.43 Å². The van der Waals surface area contributed by atoms with E-state index < -0.39 is 4.92 Å². The molecule has 1 aliphatic heterocycles. The molecular weight excluding hydrogens is 232 g/mol. The molecule has 2 aliphatic rings. The number of H-pyrrole nitrogens is 1. The molecule has 3 rings (SSSR count). The minimum absolute atomic E-state index is 0.195. The van der Waals surface area contributed by atoms with Gasteiger partial charge in [0.25, 0.3) is 5.69 Å². The van der Waals surface area contributed by atoms with Crippen LogP contribution in [0.25, 0.3) is 22.2 Å². The van der Waals surface area contributed by atoms with Gasteiger partial charge >= 0.3 is 0 Å². The van der Waals surface area contributed by atoms with Gasteiger partial charge in [-0.3, -0.25) is 14.9 Å². The molecule has 18 heavy (non-hydrogen) atoms. The van der Waals surface area contributed by atoms with Crippen molar-refractivity contribution in [2.45, 2.75) is 0 Å². The minimum Gasteiger partial charge on any atom is -0.354 e. The highest BCUT2D eigenvalue weighted by Crippen LogP contribution is 2.24. The number of hydrogen-bond acceptors (Lipinski definition) is 3. The first-order valence-electron chi connectivity index (χ1n) is 5.35. The van der Waals surface area contributed by atoms with Crippen molar-refractivity contribution in [3.63, 3.8) is 0 Å². The largest absolute Gasteiger partial charge is 0.354 e. The minimum atomic E-state index is -0.566. The smallest absolute Gasteiger partial charge is 0.275 e. The average Bonchev–Trinajstić information content (AvgIpc) is 2.36. The number of nitrogens with zero attached hydrogens (tertiary/aromatic N) is 1. The van der Waals surface area contributed by atoms with Gasteiger partial charge in [-0.1, -0.05) is 18.2 Å². The van der Waals surface area contributed by atoms with Gasteiger partial charge in [-0.05, 0) is 17.5 Å². The molecule has 1 heterocycles. The second-order valence-electron chi connectivity index (χ2n) is 4.02. The Morgan fingerprint density at radius 1 is 1.11 bits per heavy atom. The monoisotopic (exact) mass is 240 g/mol. The van der Waals surface area contributed by atoms with Crippen LogP contribution in [-0.2, 0) is 0 Å². The summed E-state index contributed by atoms with van der Waals surface area (Å²) in [4.78, 5) is 25.0. The number of rotatable bonds is 1. The van der Waals surface area contributed by atoms with Gasteiger partial charge in [0.2, 0.25) is 0 Å². The molecule has 88 valence electrons. The standard InChI is InChI=1S/C13H8N2O3/c16-13-7-9(15(17)18)6-12-10(13)5-8-3-1-2-4-11(8)14-12/h1-7,14H. The van der Waals surface area contributed by atoms with Crippen LogP contribution in [0.5, 0.6) is 0 Å². The molecule has 0 bridgehead atoms. The Kier molecular flexibility index (Phi) is 2.13. The molecule has 1 N–H and O–H groups in total. The SMILES string of the molecule is O=c1cc([N+](=O)[O-])cc2[nH]c3ccccc3cc1-2. The Balaban J connectivity index is 2.44. The van der Waals surface area contributed by atoms with Crippen molar-refractivity contribution in [2.75, 3.05) is 0 Å². The third-order valence-corrected chi connectivity index (χ3v) is 2.87. The van der Waals surface area contributed by atoms with E-state index in [1.165, 1.54) is 6.07 Å². The molecule has 5 nitrogen and oxygen atoms in total. The molecule has 1 aromatic rings. The average molecular weight is 240 g/mol. The van der Waals surface area contributed by atoms with Crippen LogP contribution in [0.15, 0.2) is 47.3 Å². The fourth-order valence-corrected chi connectivity index (χ4v) is 2.01. The molecule has 1 aromatic carbocycles. The molecule has 0 spiro atoms. The third kappa shape index (κ3) is 1.53. The lowest BCUT2D eigenvalue weighted by Crippen LogP contribution is -2.07. The van der Waals surface area contributed by atoms with E-state index in [9.17, 15) is 14.9 Å². The lowest BCUT2D eigenvalue weighted by Gasteiger charge is -2.07. The number of hydrogen-bond donors (Lipinski definition) is 1. The van der Waals surface area contributed by atoms with E-state index in [1.807, 2.05) is 24.3 Å². The van der Waals surface area contributed by atoms with Crippen LogP contribution in [0.4, 0.5) is 5.69 Å². The fraction of sp³-hybridized carbons (Fsp3) is 0. The topological polar surface area (TPSA) is 76.0 Å². The molecule has 1 aliphatic carbocycles. The summed E-state index contributed by atoms with van der Waals surface area (Å²) in [7, 11) is 0. The first kappa shape index (κ1) is 10.5. The first-order valence-corrected chi connectivity index (χ1v) is 5.35. The van der Waals surface area contributed by atoms with Crippen molar-refractivity contribution in [3.05, 3.63) is 62.8 Å². The second-order valence-corrected chi connectivity index (χ2v) is 4.02. The van der Waals surface area contributed by atoms with Crippen molar-refractivity contribution < 1.29 is 4.92 Å². The van der Waals surface area contributed by atoms with Crippen molar-refractivity contribution in [1.82, 2.24) is 4.98 Å². The van der Waals surface area contributed by atoms with Crippen molar-refractivity contribution in [3.8, 4) is 11.3 Å². The number of aromatic amines is 1. The van der Waals surface area contributed by atoms with Gasteiger partial charge in [0.05, 0.1) is 16.7 Å². The van der Waals surface area contributed by atoms with Gasteiger partial charge in [-0.2, -0.15) is 0 Å². The van der Waals surface area contributed by atoms with Crippen LogP contribution >= 0.6 is 0 Å². The van der Waals surface area contributed by atoms with E-state index in [1.54, 1.807) is 6.07 Å². The van der Waals surface area contributed by atoms with E-state index in [4.69, 9.17) is 0 Å². The molecule has 0 amide bonds. The Hall–Kier alpha value is -2.69. The van der Waals surface area contributed by atoms with Crippen LogP contribution in [0, 0.1) is 10.1 Å². The zero-order valence-corrected chi connectivity index (χ0v) is 9.21. The summed E-state index contributed by atoms with van der Waals surface area (Å²) in [6, 6.07) is 11.6. The molecule has 0 saturated heterocycles. The van der Waals surface area contributed by atoms with Gasteiger partial charge in [0, 0.05) is 17.1 Å². The van der Waals surface area contributed by atoms with E-state index in [0.29, 0.717) is 11.3 Å². The Bertz CT molecular complexity index is 792. The molecule has 0 saturated carbocycles. The summed E-state index contributed by atoms with van der Waals surface area (Å²) in [5.41, 5.74) is 1.23. The fourth-order valence-electron chi connectivity index (χ4n) is 2.01. The van der Waals surface area contributed by atoms with E-state index in [-0.39, 0.29) is 11.1 Å². The van der Waals surface area contributed by atoms with Gasteiger partial charge in [0.1, 0.15) is 0 Å². The predicted molar refractivity (Wildman–Crippen MR) is 67.8 cm³/mol. The molecular formula is C13H8N2O3. The van der Waals surface area contributed by atoms with Crippen LogP contribution in [0.3, 0.4) is 0 Å². The van der Waals surface area contributed by atoms with Crippen molar-refractivity contribution >= 4 is 16.6 Å². The maximum Gasteiger partial charge on any atom is 0.275 e. The van der Waals surface area contributed by atoms with Gasteiger partial charge in [-0.15, -0.1) is 0 Å². The number of nitro benzene ring substituents is 1. The Morgan fingerprint density at radius 2 is 1.89 bits per heavy atom. The number of nitro groups is 1. The quantitative estimate of drug-likeness (QED) is 0.403. The number of non-ortho nitro benzene ring substituents is 1. The van der Waals surface area contributed by atoms with Crippen LogP contribution < -0.4 is 5.43 Å². The number of benzene rings is 2. The van der Waals surface area contributed by atoms with E-state index in [0.717, 1.165) is 17.0 Å². The highest BCUT2D eigenvalue weighted by molar-refractivity contribution is 5.85. The molecule has 0 aromatic heterocycles. The summed E-state index contributed by atoms with van der Waals surface area (Å²) in [6.07, 6.45) is 0. The summed E-state index contributed by atoms with van der Waals surface area (Å²) >= 11 is 0.